The summed E-state index contributed by atoms with van der Waals surface area (Å²) in [4.78, 5) is 26.1. The molecule has 0 aliphatic carbocycles. The van der Waals surface area contributed by atoms with Gasteiger partial charge < -0.3 is 10.2 Å². The van der Waals surface area contributed by atoms with Gasteiger partial charge in [0.15, 0.2) is 0 Å². The third-order valence-electron chi connectivity index (χ3n) is 4.00. The number of anilines is 1. The van der Waals surface area contributed by atoms with Gasteiger partial charge >= 0.3 is 0 Å². The number of benzene rings is 2. The number of nitrogens with zero attached hydrogens (tertiary/aromatic N) is 1. The number of hydrogen-bond acceptors (Lipinski definition) is 2. The van der Waals surface area contributed by atoms with Gasteiger partial charge in [-0.15, -0.1) is 0 Å². The standard InChI is InChI=1S/C20H17ClN2O2/c21-17-10-4-5-11-18(17)23-14-16(13-19(23)24)20(25)22-12-6-9-15-7-2-1-3-8-15/h1-5,7-8,10-11,16H,12-14H2,(H,22,25). The number of halogens is 1. The first-order valence-corrected chi connectivity index (χ1v) is 8.39. The number of carbonyl (C=O) groups excluding carboxylic acids is 2. The van der Waals surface area contributed by atoms with Crippen LogP contribution in [-0.2, 0) is 9.59 Å². The molecular weight excluding hydrogens is 336 g/mol. The Morgan fingerprint density at radius 2 is 1.88 bits per heavy atom. The van der Waals surface area contributed by atoms with Gasteiger partial charge in [0, 0.05) is 18.5 Å². The summed E-state index contributed by atoms with van der Waals surface area (Å²) >= 11 is 6.14. The summed E-state index contributed by atoms with van der Waals surface area (Å²) < 4.78 is 0. The Bertz CT molecular complexity index is 840. The van der Waals surface area contributed by atoms with Crippen LogP contribution in [0.25, 0.3) is 0 Å². The van der Waals surface area contributed by atoms with Gasteiger partial charge in [0.05, 0.1) is 23.2 Å². The van der Waals surface area contributed by atoms with E-state index >= 15 is 0 Å². The van der Waals surface area contributed by atoms with Crippen LogP contribution < -0.4 is 10.2 Å². The van der Waals surface area contributed by atoms with Crippen molar-refractivity contribution in [3.63, 3.8) is 0 Å². The summed E-state index contributed by atoms with van der Waals surface area (Å²) in [7, 11) is 0. The van der Waals surface area contributed by atoms with Crippen molar-refractivity contribution in [2.45, 2.75) is 6.42 Å². The first-order valence-electron chi connectivity index (χ1n) is 8.01. The predicted molar refractivity (Wildman–Crippen MR) is 98.2 cm³/mol. The molecule has 0 aromatic heterocycles. The van der Waals surface area contributed by atoms with Gasteiger partial charge in [0.2, 0.25) is 11.8 Å². The Balaban J connectivity index is 1.56. The molecule has 2 aromatic carbocycles. The minimum Gasteiger partial charge on any atom is -0.345 e. The Kier molecular flexibility index (Phi) is 5.37. The van der Waals surface area contributed by atoms with Crippen LogP contribution in [0.2, 0.25) is 5.02 Å². The third kappa shape index (κ3) is 4.20. The zero-order chi connectivity index (χ0) is 17.6. The molecule has 2 aromatic rings. The molecule has 0 bridgehead atoms. The molecule has 0 radical (unpaired) electrons. The topological polar surface area (TPSA) is 49.4 Å². The highest BCUT2D eigenvalue weighted by Crippen LogP contribution is 2.30. The second-order valence-corrected chi connectivity index (χ2v) is 6.15. The van der Waals surface area contributed by atoms with E-state index in [4.69, 9.17) is 11.6 Å². The van der Waals surface area contributed by atoms with Crippen LogP contribution in [-0.4, -0.2) is 24.9 Å². The first kappa shape index (κ1) is 17.1. The number of amides is 2. The van der Waals surface area contributed by atoms with Gasteiger partial charge in [-0.25, -0.2) is 0 Å². The van der Waals surface area contributed by atoms with E-state index in [0.717, 1.165) is 5.56 Å². The highest BCUT2D eigenvalue weighted by atomic mass is 35.5. The molecular formula is C20H17ClN2O2. The van der Waals surface area contributed by atoms with E-state index in [1.165, 1.54) is 0 Å². The Morgan fingerprint density at radius 1 is 1.16 bits per heavy atom. The van der Waals surface area contributed by atoms with Crippen LogP contribution in [0, 0.1) is 17.8 Å². The second kappa shape index (κ2) is 7.87. The smallest absolute Gasteiger partial charge is 0.227 e. The van der Waals surface area contributed by atoms with E-state index in [0.29, 0.717) is 17.3 Å². The van der Waals surface area contributed by atoms with Gasteiger partial charge in [-0.3, -0.25) is 9.59 Å². The molecule has 5 heteroatoms. The van der Waals surface area contributed by atoms with Crippen LogP contribution in [0.15, 0.2) is 54.6 Å². The Hall–Kier alpha value is -2.77. The molecule has 1 fully saturated rings. The number of para-hydroxylation sites is 1. The first-order chi connectivity index (χ1) is 12.1. The molecule has 4 nitrogen and oxygen atoms in total. The number of nitrogens with one attached hydrogen (secondary N) is 1. The number of hydrogen-bond donors (Lipinski definition) is 1. The fourth-order valence-electron chi connectivity index (χ4n) is 2.73. The van der Waals surface area contributed by atoms with Crippen LogP contribution in [0.5, 0.6) is 0 Å². The lowest BCUT2D eigenvalue weighted by Gasteiger charge is -2.17. The van der Waals surface area contributed by atoms with E-state index in [2.05, 4.69) is 17.2 Å². The maximum atomic E-state index is 12.3. The summed E-state index contributed by atoms with van der Waals surface area (Å²) in [6, 6.07) is 16.7. The van der Waals surface area contributed by atoms with Crippen molar-refractivity contribution < 1.29 is 9.59 Å². The predicted octanol–water partition coefficient (Wildman–Crippen LogP) is 2.86. The fourth-order valence-corrected chi connectivity index (χ4v) is 2.97. The SMILES string of the molecule is O=C(NCC#Cc1ccccc1)C1CC(=O)N(c2ccccc2Cl)C1. The molecule has 0 spiro atoms. The van der Waals surface area contributed by atoms with E-state index in [1.54, 1.807) is 17.0 Å². The van der Waals surface area contributed by atoms with Gasteiger partial charge in [-0.05, 0) is 24.3 Å². The monoisotopic (exact) mass is 352 g/mol. The van der Waals surface area contributed by atoms with Gasteiger partial charge in [0.1, 0.15) is 0 Å². The molecule has 1 atom stereocenters. The van der Waals surface area contributed by atoms with Crippen molar-refractivity contribution in [2.75, 3.05) is 18.0 Å². The normalized spacial score (nSPS) is 16.3. The summed E-state index contributed by atoms with van der Waals surface area (Å²) in [6.45, 7) is 0.588. The highest BCUT2D eigenvalue weighted by Gasteiger charge is 2.35. The van der Waals surface area contributed by atoms with E-state index in [1.807, 2.05) is 42.5 Å². The summed E-state index contributed by atoms with van der Waals surface area (Å²) in [5, 5.41) is 3.28. The Morgan fingerprint density at radius 3 is 2.64 bits per heavy atom. The highest BCUT2D eigenvalue weighted by molar-refractivity contribution is 6.33. The molecule has 0 saturated carbocycles. The molecule has 126 valence electrons. The maximum Gasteiger partial charge on any atom is 0.227 e. The second-order valence-electron chi connectivity index (χ2n) is 5.74. The van der Waals surface area contributed by atoms with E-state index in [9.17, 15) is 9.59 Å². The van der Waals surface area contributed by atoms with E-state index in [-0.39, 0.29) is 30.7 Å². The number of carbonyl (C=O) groups is 2. The lowest BCUT2D eigenvalue weighted by atomic mass is 10.1. The summed E-state index contributed by atoms with van der Waals surface area (Å²) in [6.07, 6.45) is 0.184. The maximum absolute atomic E-state index is 12.3. The van der Waals surface area contributed by atoms with Crippen LogP contribution in [0.1, 0.15) is 12.0 Å². The van der Waals surface area contributed by atoms with Gasteiger partial charge in [-0.2, -0.15) is 0 Å². The van der Waals surface area contributed by atoms with Crippen LogP contribution in [0.4, 0.5) is 5.69 Å². The van der Waals surface area contributed by atoms with E-state index < -0.39 is 0 Å². The van der Waals surface area contributed by atoms with Crippen molar-refractivity contribution >= 4 is 29.1 Å². The van der Waals surface area contributed by atoms with Crippen molar-refractivity contribution in [1.82, 2.24) is 5.32 Å². The summed E-state index contributed by atoms with van der Waals surface area (Å²) in [5.74, 6) is 5.26. The molecule has 2 amide bonds. The molecule has 1 aliphatic heterocycles. The molecule has 1 heterocycles. The molecule has 1 N–H and O–H groups in total. The summed E-state index contributed by atoms with van der Waals surface area (Å²) in [5.41, 5.74) is 1.55. The van der Waals surface area contributed by atoms with Crippen molar-refractivity contribution in [3.05, 3.63) is 65.2 Å². The fraction of sp³-hybridized carbons (Fsp3) is 0.200. The molecule has 3 rings (SSSR count). The third-order valence-corrected chi connectivity index (χ3v) is 4.32. The van der Waals surface area contributed by atoms with Crippen molar-refractivity contribution in [1.29, 1.82) is 0 Å². The number of rotatable bonds is 3. The lowest BCUT2D eigenvalue weighted by molar-refractivity contribution is -0.126. The Labute approximate surface area is 151 Å². The van der Waals surface area contributed by atoms with Crippen molar-refractivity contribution in [2.24, 2.45) is 5.92 Å². The van der Waals surface area contributed by atoms with Crippen LogP contribution >= 0.6 is 11.6 Å². The zero-order valence-corrected chi connectivity index (χ0v) is 14.3. The largest absolute Gasteiger partial charge is 0.345 e. The molecule has 1 aliphatic rings. The van der Waals surface area contributed by atoms with Crippen molar-refractivity contribution in [3.8, 4) is 11.8 Å². The van der Waals surface area contributed by atoms with Gasteiger partial charge in [-0.1, -0.05) is 53.8 Å². The van der Waals surface area contributed by atoms with Crippen LogP contribution in [0.3, 0.4) is 0 Å². The minimum absolute atomic E-state index is 0.0939. The molecule has 25 heavy (non-hydrogen) atoms. The minimum atomic E-state index is -0.387. The van der Waals surface area contributed by atoms with Gasteiger partial charge in [0.25, 0.3) is 0 Å². The lowest BCUT2D eigenvalue weighted by Crippen LogP contribution is -2.33. The average molecular weight is 353 g/mol. The molecule has 1 unspecified atom stereocenters. The molecule has 1 saturated heterocycles. The quantitative estimate of drug-likeness (QED) is 0.863. The average Bonchev–Trinajstić information content (AvgIpc) is 3.01. The zero-order valence-electron chi connectivity index (χ0n) is 13.5.